The van der Waals surface area contributed by atoms with Gasteiger partial charge in [0.1, 0.15) is 12.3 Å². The zero-order chi connectivity index (χ0) is 23.0. The van der Waals surface area contributed by atoms with E-state index in [1.54, 1.807) is 48.5 Å². The summed E-state index contributed by atoms with van der Waals surface area (Å²) in [5.74, 6) is 0.0110. The summed E-state index contributed by atoms with van der Waals surface area (Å²) in [7, 11) is -2.50. The zero-order valence-corrected chi connectivity index (χ0v) is 19.4. The highest BCUT2D eigenvalue weighted by Crippen LogP contribution is 2.32. The van der Waals surface area contributed by atoms with E-state index in [1.807, 2.05) is 6.92 Å². The predicted molar refractivity (Wildman–Crippen MR) is 124 cm³/mol. The number of sulfonamides is 1. The Kier molecular flexibility index (Phi) is 8.49. The van der Waals surface area contributed by atoms with Crippen molar-refractivity contribution in [3.05, 3.63) is 54.1 Å². The Balaban J connectivity index is 1.72. The molecule has 0 bridgehead atoms. The van der Waals surface area contributed by atoms with E-state index in [1.165, 1.54) is 7.11 Å². The van der Waals surface area contributed by atoms with Gasteiger partial charge in [-0.2, -0.15) is 0 Å². The summed E-state index contributed by atoms with van der Waals surface area (Å²) in [6, 6.07) is 13.3. The Morgan fingerprint density at radius 3 is 2.50 bits per heavy atom. The monoisotopic (exact) mass is 461 g/mol. The van der Waals surface area contributed by atoms with E-state index >= 15 is 0 Å². The third-order valence-electron chi connectivity index (χ3n) is 5.33. The van der Waals surface area contributed by atoms with Gasteiger partial charge in [-0.15, -0.1) is 0 Å². The molecule has 1 amide bonds. The standard InChI is InChI=1S/C23H31N3O5S/c1-19-8-10-20(11-9-19)32(28,29)26(21-6-3-4-7-22(21)30-2)18-23(27)24-12-5-13-25-14-16-31-17-15-25/h3-4,6-11H,5,12-18H2,1-2H3,(H,24,27). The molecule has 2 aromatic rings. The average molecular weight is 462 g/mol. The number of ether oxygens (including phenoxy) is 2. The molecule has 0 unspecified atom stereocenters. The molecule has 1 N–H and O–H groups in total. The lowest BCUT2D eigenvalue weighted by Gasteiger charge is -2.27. The fourth-order valence-electron chi connectivity index (χ4n) is 3.51. The van der Waals surface area contributed by atoms with Gasteiger partial charge < -0.3 is 14.8 Å². The number of morpholine rings is 1. The SMILES string of the molecule is COc1ccccc1N(CC(=O)NCCCN1CCOCC1)S(=O)(=O)c1ccc(C)cc1. The summed E-state index contributed by atoms with van der Waals surface area (Å²) < 4.78 is 38.7. The van der Waals surface area contributed by atoms with E-state index in [9.17, 15) is 13.2 Å². The highest BCUT2D eigenvalue weighted by atomic mass is 32.2. The van der Waals surface area contributed by atoms with Gasteiger partial charge in [0.2, 0.25) is 5.91 Å². The van der Waals surface area contributed by atoms with Crippen molar-refractivity contribution in [2.45, 2.75) is 18.2 Å². The Hall–Kier alpha value is -2.62. The van der Waals surface area contributed by atoms with E-state index in [-0.39, 0.29) is 17.3 Å². The Bertz CT molecular complexity index is 989. The van der Waals surface area contributed by atoms with Crippen LogP contribution in [0.2, 0.25) is 0 Å². The third kappa shape index (κ3) is 6.21. The van der Waals surface area contributed by atoms with E-state index < -0.39 is 10.0 Å². The van der Waals surface area contributed by atoms with Crippen molar-refractivity contribution in [2.75, 3.05) is 57.4 Å². The number of anilines is 1. The second kappa shape index (κ2) is 11.3. The number of nitrogens with one attached hydrogen (secondary N) is 1. The highest BCUT2D eigenvalue weighted by molar-refractivity contribution is 7.92. The molecule has 0 aliphatic carbocycles. The second-order valence-electron chi connectivity index (χ2n) is 7.65. The summed E-state index contributed by atoms with van der Waals surface area (Å²) in [5, 5.41) is 2.85. The van der Waals surface area contributed by atoms with Crippen LogP contribution in [0.3, 0.4) is 0 Å². The number of carbonyl (C=O) groups excluding carboxylic acids is 1. The van der Waals surface area contributed by atoms with E-state index in [0.717, 1.165) is 49.1 Å². The molecule has 1 aliphatic rings. The van der Waals surface area contributed by atoms with Crippen molar-refractivity contribution in [3.8, 4) is 5.75 Å². The highest BCUT2D eigenvalue weighted by Gasteiger charge is 2.29. The van der Waals surface area contributed by atoms with Gasteiger partial charge in [0.05, 0.1) is 30.9 Å². The summed E-state index contributed by atoms with van der Waals surface area (Å²) in [4.78, 5) is 15.1. The van der Waals surface area contributed by atoms with Gasteiger partial charge in [0, 0.05) is 19.6 Å². The van der Waals surface area contributed by atoms with Crippen molar-refractivity contribution in [3.63, 3.8) is 0 Å². The van der Waals surface area contributed by atoms with E-state index in [0.29, 0.717) is 18.0 Å². The fourth-order valence-corrected chi connectivity index (χ4v) is 4.95. The number of methoxy groups -OCH3 is 1. The van der Waals surface area contributed by atoms with Crippen LogP contribution in [0.1, 0.15) is 12.0 Å². The number of nitrogens with zero attached hydrogens (tertiary/aromatic N) is 2. The maximum absolute atomic E-state index is 13.5. The van der Waals surface area contributed by atoms with Gasteiger partial charge in [-0.25, -0.2) is 8.42 Å². The lowest BCUT2D eigenvalue weighted by Crippen LogP contribution is -2.42. The first-order valence-electron chi connectivity index (χ1n) is 10.7. The minimum Gasteiger partial charge on any atom is -0.495 e. The molecule has 0 saturated carbocycles. The molecule has 0 atom stereocenters. The third-order valence-corrected chi connectivity index (χ3v) is 7.10. The maximum atomic E-state index is 13.5. The van der Waals surface area contributed by atoms with Crippen LogP contribution in [-0.4, -0.2) is 72.3 Å². The molecule has 3 rings (SSSR count). The van der Waals surface area contributed by atoms with Crippen molar-refractivity contribution in [1.29, 1.82) is 0 Å². The van der Waals surface area contributed by atoms with Crippen LogP contribution >= 0.6 is 0 Å². The summed E-state index contributed by atoms with van der Waals surface area (Å²) in [6.45, 7) is 6.14. The van der Waals surface area contributed by atoms with Crippen LogP contribution in [0.15, 0.2) is 53.4 Å². The van der Waals surface area contributed by atoms with Crippen LogP contribution < -0.4 is 14.4 Å². The zero-order valence-electron chi connectivity index (χ0n) is 18.6. The van der Waals surface area contributed by atoms with E-state index in [4.69, 9.17) is 9.47 Å². The molecular weight excluding hydrogens is 430 g/mol. The molecule has 1 heterocycles. The molecule has 1 saturated heterocycles. The van der Waals surface area contributed by atoms with Crippen molar-refractivity contribution in [1.82, 2.24) is 10.2 Å². The predicted octanol–water partition coefficient (Wildman–Crippen LogP) is 2.04. The van der Waals surface area contributed by atoms with Crippen LogP contribution in [0.5, 0.6) is 5.75 Å². The lowest BCUT2D eigenvalue weighted by molar-refractivity contribution is -0.119. The molecule has 0 spiro atoms. The number of hydrogen-bond donors (Lipinski definition) is 1. The average Bonchev–Trinajstić information content (AvgIpc) is 2.81. The van der Waals surface area contributed by atoms with Crippen LogP contribution in [0.25, 0.3) is 0 Å². The summed E-state index contributed by atoms with van der Waals surface area (Å²) in [5.41, 5.74) is 1.27. The Morgan fingerprint density at radius 2 is 1.81 bits per heavy atom. The number of para-hydroxylation sites is 2. The molecule has 1 aliphatic heterocycles. The van der Waals surface area contributed by atoms with Gasteiger partial charge >= 0.3 is 0 Å². The Morgan fingerprint density at radius 1 is 1.12 bits per heavy atom. The normalized spacial score (nSPS) is 14.7. The summed E-state index contributed by atoms with van der Waals surface area (Å²) in [6.07, 6.45) is 0.783. The van der Waals surface area contributed by atoms with Crippen LogP contribution in [0.4, 0.5) is 5.69 Å². The first kappa shape index (κ1) is 24.0. The molecule has 32 heavy (non-hydrogen) atoms. The summed E-state index contributed by atoms with van der Waals surface area (Å²) >= 11 is 0. The number of carbonyl (C=O) groups is 1. The molecule has 174 valence electrons. The van der Waals surface area contributed by atoms with Gasteiger partial charge in [0.25, 0.3) is 10.0 Å². The maximum Gasteiger partial charge on any atom is 0.264 e. The second-order valence-corrected chi connectivity index (χ2v) is 9.52. The molecule has 9 heteroatoms. The minimum atomic E-state index is -3.98. The smallest absolute Gasteiger partial charge is 0.264 e. The van der Waals surface area contributed by atoms with Gasteiger partial charge in [-0.1, -0.05) is 29.8 Å². The molecule has 0 radical (unpaired) electrons. The topological polar surface area (TPSA) is 88.2 Å². The number of rotatable bonds is 10. The lowest BCUT2D eigenvalue weighted by atomic mass is 10.2. The first-order valence-corrected chi connectivity index (χ1v) is 12.1. The molecule has 2 aromatic carbocycles. The Labute approximate surface area is 190 Å². The fraction of sp³-hybridized carbons (Fsp3) is 0.435. The first-order chi connectivity index (χ1) is 15.4. The minimum absolute atomic E-state index is 0.120. The number of hydrogen-bond acceptors (Lipinski definition) is 6. The van der Waals surface area contributed by atoms with Gasteiger partial charge in [0.15, 0.2) is 0 Å². The van der Waals surface area contributed by atoms with Crippen molar-refractivity contribution < 1.29 is 22.7 Å². The van der Waals surface area contributed by atoms with Crippen molar-refractivity contribution >= 4 is 21.6 Å². The van der Waals surface area contributed by atoms with Crippen molar-refractivity contribution in [2.24, 2.45) is 0 Å². The molecule has 0 aromatic heterocycles. The number of amides is 1. The van der Waals surface area contributed by atoms with Gasteiger partial charge in [-0.3, -0.25) is 14.0 Å². The molecular formula is C23H31N3O5S. The van der Waals surface area contributed by atoms with Crippen LogP contribution in [0, 0.1) is 6.92 Å². The number of benzene rings is 2. The quantitative estimate of drug-likeness (QED) is 0.545. The van der Waals surface area contributed by atoms with Gasteiger partial charge in [-0.05, 0) is 44.2 Å². The largest absolute Gasteiger partial charge is 0.495 e. The van der Waals surface area contributed by atoms with E-state index in [2.05, 4.69) is 10.2 Å². The number of aryl methyl sites for hydroxylation is 1. The molecule has 1 fully saturated rings. The molecule has 8 nitrogen and oxygen atoms in total. The van der Waals surface area contributed by atoms with Crippen LogP contribution in [-0.2, 0) is 19.6 Å².